The second kappa shape index (κ2) is 10.0. The number of nitrogens with one attached hydrogen (secondary N) is 1. The molecular formula is C22H25ClN2O3S. The van der Waals surface area contributed by atoms with E-state index in [-0.39, 0.29) is 17.9 Å². The number of amides is 2. The van der Waals surface area contributed by atoms with Crippen LogP contribution in [0.25, 0.3) is 0 Å². The van der Waals surface area contributed by atoms with Crippen LogP contribution in [0.3, 0.4) is 0 Å². The lowest BCUT2D eigenvalue weighted by molar-refractivity contribution is 0.0698. The lowest BCUT2D eigenvalue weighted by Crippen LogP contribution is -2.46. The Bertz CT molecular complexity index is 865. The van der Waals surface area contributed by atoms with Gasteiger partial charge in [-0.25, -0.2) is 0 Å². The number of ether oxygens (including phenoxy) is 1. The lowest BCUT2D eigenvalue weighted by Gasteiger charge is -2.32. The van der Waals surface area contributed by atoms with Crippen LogP contribution in [0.15, 0.2) is 47.4 Å². The molecule has 2 amide bonds. The van der Waals surface area contributed by atoms with Crippen molar-refractivity contribution in [2.75, 3.05) is 26.0 Å². The number of benzene rings is 2. The average Bonchev–Trinajstić information content (AvgIpc) is 2.75. The zero-order valence-electron chi connectivity index (χ0n) is 16.6. The van der Waals surface area contributed by atoms with Crippen LogP contribution < -0.4 is 10.1 Å². The normalized spacial score (nSPS) is 14.5. The molecule has 1 fully saturated rings. The third kappa shape index (κ3) is 5.46. The van der Waals surface area contributed by atoms with Gasteiger partial charge in [0.1, 0.15) is 5.75 Å². The molecule has 29 heavy (non-hydrogen) atoms. The molecule has 0 aliphatic carbocycles. The Morgan fingerprint density at radius 1 is 1.17 bits per heavy atom. The summed E-state index contributed by atoms with van der Waals surface area (Å²) in [7, 11) is 0. The molecule has 1 heterocycles. The Kier molecular flexibility index (Phi) is 7.45. The van der Waals surface area contributed by atoms with Crippen molar-refractivity contribution in [3.8, 4) is 5.75 Å². The van der Waals surface area contributed by atoms with Crippen molar-refractivity contribution in [3.63, 3.8) is 0 Å². The van der Waals surface area contributed by atoms with Gasteiger partial charge in [0.15, 0.2) is 0 Å². The zero-order chi connectivity index (χ0) is 20.8. The zero-order valence-corrected chi connectivity index (χ0v) is 18.2. The number of halogens is 1. The van der Waals surface area contributed by atoms with Gasteiger partial charge in [0, 0.05) is 29.6 Å². The molecule has 0 radical (unpaired) electrons. The minimum Gasteiger partial charge on any atom is -0.494 e. The Balaban J connectivity index is 1.55. The molecule has 0 saturated carbocycles. The number of likely N-dealkylation sites (tertiary alicyclic amines) is 1. The molecule has 5 nitrogen and oxygen atoms in total. The van der Waals surface area contributed by atoms with Crippen molar-refractivity contribution in [2.24, 2.45) is 0 Å². The number of nitrogens with zero attached hydrogens (tertiary/aromatic N) is 1. The maximum Gasteiger partial charge on any atom is 0.253 e. The molecule has 0 aromatic heterocycles. The van der Waals surface area contributed by atoms with Gasteiger partial charge in [-0.2, -0.15) is 0 Å². The second-order valence-electron chi connectivity index (χ2n) is 6.84. The van der Waals surface area contributed by atoms with Gasteiger partial charge in [0.25, 0.3) is 11.8 Å². The summed E-state index contributed by atoms with van der Waals surface area (Å²) in [5.41, 5.74) is 1.14. The highest BCUT2D eigenvalue weighted by molar-refractivity contribution is 7.98. The van der Waals surface area contributed by atoms with Gasteiger partial charge >= 0.3 is 0 Å². The molecular weight excluding hydrogens is 408 g/mol. The van der Waals surface area contributed by atoms with E-state index in [9.17, 15) is 9.59 Å². The number of carbonyl (C=O) groups excluding carboxylic acids is 2. The first-order valence-corrected chi connectivity index (χ1v) is 11.3. The predicted molar refractivity (Wildman–Crippen MR) is 117 cm³/mol. The number of hydrogen-bond acceptors (Lipinski definition) is 4. The topological polar surface area (TPSA) is 58.6 Å². The molecule has 0 bridgehead atoms. The maximum atomic E-state index is 12.7. The summed E-state index contributed by atoms with van der Waals surface area (Å²) in [5, 5.41) is 3.51. The summed E-state index contributed by atoms with van der Waals surface area (Å²) in [6.45, 7) is 3.74. The fourth-order valence-corrected chi connectivity index (χ4v) is 3.98. The first-order chi connectivity index (χ1) is 14.0. The SMILES string of the molecule is CCOc1ccc(C(=O)N2CCC(NC(=O)c3cc(SC)ccc3Cl)CC2)cc1. The van der Waals surface area contributed by atoms with Crippen LogP contribution >= 0.6 is 23.4 Å². The summed E-state index contributed by atoms with van der Waals surface area (Å²) < 4.78 is 5.42. The Labute approximate surface area is 180 Å². The molecule has 1 saturated heterocycles. The fourth-order valence-electron chi connectivity index (χ4n) is 3.34. The third-order valence-corrected chi connectivity index (χ3v) is 6.00. The van der Waals surface area contributed by atoms with Crippen LogP contribution in [0.1, 0.15) is 40.5 Å². The van der Waals surface area contributed by atoms with Gasteiger partial charge in [0.2, 0.25) is 0 Å². The summed E-state index contributed by atoms with van der Waals surface area (Å²) >= 11 is 7.77. The van der Waals surface area contributed by atoms with Crippen LogP contribution in [0.5, 0.6) is 5.75 Å². The molecule has 7 heteroatoms. The Hall–Kier alpha value is -2.18. The quantitative estimate of drug-likeness (QED) is 0.683. The fraction of sp³-hybridized carbons (Fsp3) is 0.364. The monoisotopic (exact) mass is 432 g/mol. The molecule has 1 aliphatic heterocycles. The summed E-state index contributed by atoms with van der Waals surface area (Å²) in [6, 6.07) is 12.7. The van der Waals surface area contributed by atoms with Crippen molar-refractivity contribution < 1.29 is 14.3 Å². The largest absolute Gasteiger partial charge is 0.494 e. The van der Waals surface area contributed by atoms with E-state index in [0.29, 0.717) is 48.7 Å². The summed E-state index contributed by atoms with van der Waals surface area (Å²) in [4.78, 5) is 28.2. The molecule has 0 atom stereocenters. The number of hydrogen-bond donors (Lipinski definition) is 1. The van der Waals surface area contributed by atoms with Gasteiger partial charge in [-0.3, -0.25) is 9.59 Å². The van der Waals surface area contributed by atoms with Crippen LogP contribution in [-0.4, -0.2) is 48.7 Å². The number of carbonyl (C=O) groups is 2. The van der Waals surface area contributed by atoms with Crippen molar-refractivity contribution in [1.29, 1.82) is 0 Å². The standard InChI is InChI=1S/C22H25ClN2O3S/c1-3-28-17-6-4-15(5-7-17)22(27)25-12-10-16(11-13-25)24-21(26)19-14-18(29-2)8-9-20(19)23/h4-9,14,16H,3,10-13H2,1-2H3,(H,24,26). The van der Waals surface area contributed by atoms with Gasteiger partial charge < -0.3 is 15.0 Å². The highest BCUT2D eigenvalue weighted by Gasteiger charge is 2.25. The molecule has 2 aromatic rings. The molecule has 0 unspecified atom stereocenters. The maximum absolute atomic E-state index is 12.7. The van der Waals surface area contributed by atoms with E-state index < -0.39 is 0 Å². The molecule has 0 spiro atoms. The molecule has 1 N–H and O–H groups in total. The van der Waals surface area contributed by atoms with E-state index in [1.165, 1.54) is 0 Å². The third-order valence-electron chi connectivity index (χ3n) is 4.95. The first kappa shape index (κ1) is 21.5. The van der Waals surface area contributed by atoms with E-state index in [4.69, 9.17) is 16.3 Å². The lowest BCUT2D eigenvalue weighted by atomic mass is 10.0. The van der Waals surface area contributed by atoms with Crippen molar-refractivity contribution in [2.45, 2.75) is 30.7 Å². The van der Waals surface area contributed by atoms with E-state index >= 15 is 0 Å². The van der Waals surface area contributed by atoms with Gasteiger partial charge in [-0.05, 0) is 68.5 Å². The average molecular weight is 433 g/mol. The Morgan fingerprint density at radius 3 is 2.48 bits per heavy atom. The van der Waals surface area contributed by atoms with Crippen LogP contribution in [0.4, 0.5) is 0 Å². The van der Waals surface area contributed by atoms with Crippen molar-refractivity contribution in [3.05, 3.63) is 58.6 Å². The van der Waals surface area contributed by atoms with E-state index in [1.54, 1.807) is 30.0 Å². The van der Waals surface area contributed by atoms with Crippen LogP contribution in [0.2, 0.25) is 5.02 Å². The van der Waals surface area contributed by atoms with Crippen LogP contribution in [0, 0.1) is 0 Å². The van der Waals surface area contributed by atoms with Crippen molar-refractivity contribution in [1.82, 2.24) is 10.2 Å². The van der Waals surface area contributed by atoms with Crippen LogP contribution in [-0.2, 0) is 0 Å². The molecule has 154 valence electrons. The number of piperidine rings is 1. The van der Waals surface area contributed by atoms with Gasteiger partial charge in [-0.15, -0.1) is 11.8 Å². The van der Waals surface area contributed by atoms with Gasteiger partial charge in [0.05, 0.1) is 17.2 Å². The first-order valence-electron chi connectivity index (χ1n) is 9.68. The Morgan fingerprint density at radius 2 is 1.86 bits per heavy atom. The summed E-state index contributed by atoms with van der Waals surface area (Å²) in [6.07, 6.45) is 3.39. The molecule has 3 rings (SSSR count). The second-order valence-corrected chi connectivity index (χ2v) is 8.13. The highest BCUT2D eigenvalue weighted by atomic mass is 35.5. The van der Waals surface area contributed by atoms with E-state index in [1.807, 2.05) is 42.3 Å². The minimum atomic E-state index is -0.165. The molecule has 2 aromatic carbocycles. The number of thioether (sulfide) groups is 1. The number of rotatable bonds is 6. The summed E-state index contributed by atoms with van der Waals surface area (Å²) in [5.74, 6) is 0.602. The predicted octanol–water partition coefficient (Wildman–Crippen LogP) is 4.50. The van der Waals surface area contributed by atoms with Gasteiger partial charge in [-0.1, -0.05) is 11.6 Å². The smallest absolute Gasteiger partial charge is 0.253 e. The van der Waals surface area contributed by atoms with Crippen molar-refractivity contribution >= 4 is 35.2 Å². The van der Waals surface area contributed by atoms with E-state index in [2.05, 4.69) is 5.32 Å². The van der Waals surface area contributed by atoms with E-state index in [0.717, 1.165) is 10.6 Å². The molecule has 1 aliphatic rings. The highest BCUT2D eigenvalue weighted by Crippen LogP contribution is 2.24. The minimum absolute atomic E-state index is 0.00791.